The third-order valence-electron chi connectivity index (χ3n) is 5.94. The lowest BCUT2D eigenvalue weighted by molar-refractivity contribution is -0.0651. The largest absolute Gasteiger partial charge is 0.414 e. The molecule has 0 bridgehead atoms. The smallest absolute Gasteiger partial charge is 0.248 e. The molecule has 1 aliphatic carbocycles. The summed E-state index contributed by atoms with van der Waals surface area (Å²) in [4.78, 5) is 0.884. The average Bonchev–Trinajstić information content (AvgIpc) is 2.91. The molecule has 1 aliphatic rings. The summed E-state index contributed by atoms with van der Waals surface area (Å²) in [5.74, 6) is -2.47. The van der Waals surface area contributed by atoms with Crippen molar-refractivity contribution in [3.63, 3.8) is 0 Å². The molecule has 1 aromatic rings. The first kappa shape index (κ1) is 22.5. The first-order valence-corrected chi connectivity index (χ1v) is 13.9. The van der Waals surface area contributed by atoms with Gasteiger partial charge in [0.25, 0.3) is 0 Å². The molecule has 0 saturated heterocycles. The predicted octanol–water partition coefficient (Wildman–Crippen LogP) is 7.15. The van der Waals surface area contributed by atoms with Gasteiger partial charge in [-0.05, 0) is 64.3 Å². The van der Waals surface area contributed by atoms with Gasteiger partial charge >= 0.3 is 0 Å². The molecule has 7 heteroatoms. The van der Waals surface area contributed by atoms with Crippen LogP contribution in [-0.2, 0) is 4.43 Å². The van der Waals surface area contributed by atoms with Gasteiger partial charge in [-0.3, -0.25) is 0 Å². The molecule has 0 radical (unpaired) electrons. The highest BCUT2D eigenvalue weighted by Gasteiger charge is 2.44. The summed E-state index contributed by atoms with van der Waals surface area (Å²) in [6.45, 7) is 10.9. The van der Waals surface area contributed by atoms with Crippen molar-refractivity contribution in [1.29, 1.82) is 0 Å². The van der Waals surface area contributed by atoms with Crippen LogP contribution < -0.4 is 0 Å². The van der Waals surface area contributed by atoms with Crippen LogP contribution in [0.2, 0.25) is 18.1 Å². The Bertz CT molecular complexity index is 591. The first-order chi connectivity index (χ1) is 11.8. The van der Waals surface area contributed by atoms with Crippen LogP contribution in [0.4, 0.5) is 8.78 Å². The van der Waals surface area contributed by atoms with Gasteiger partial charge in [-0.25, -0.2) is 8.78 Å². The van der Waals surface area contributed by atoms with Crippen LogP contribution in [-0.4, -0.2) is 25.5 Å². The molecule has 1 heterocycles. The van der Waals surface area contributed by atoms with Crippen LogP contribution in [0.1, 0.15) is 63.9 Å². The summed E-state index contributed by atoms with van der Waals surface area (Å²) in [7, 11) is -2.06. The van der Waals surface area contributed by atoms with Crippen LogP contribution in [0.25, 0.3) is 0 Å². The lowest BCUT2D eigenvalue weighted by Gasteiger charge is -2.43. The van der Waals surface area contributed by atoms with Crippen LogP contribution >= 0.6 is 27.3 Å². The number of thiophene rings is 1. The summed E-state index contributed by atoms with van der Waals surface area (Å²) in [5.41, 5.74) is 0. The highest BCUT2D eigenvalue weighted by Crippen LogP contribution is 2.44. The molecule has 1 aromatic heterocycles. The van der Waals surface area contributed by atoms with E-state index < -0.39 is 20.3 Å². The molecule has 1 saturated carbocycles. The Labute approximate surface area is 169 Å². The minimum atomic E-state index is -2.55. The summed E-state index contributed by atoms with van der Waals surface area (Å²) < 4.78 is 34.8. The van der Waals surface area contributed by atoms with Gasteiger partial charge in [0.15, 0.2) is 8.32 Å². The van der Waals surface area contributed by atoms with Gasteiger partial charge in [-0.2, -0.15) is 0 Å². The number of aliphatic hydroxyl groups excluding tert-OH is 1. The predicted molar refractivity (Wildman–Crippen MR) is 111 cm³/mol. The molecule has 2 rings (SSSR count). The lowest BCUT2D eigenvalue weighted by Crippen LogP contribution is -2.47. The van der Waals surface area contributed by atoms with Gasteiger partial charge in [-0.15, -0.1) is 11.3 Å². The third kappa shape index (κ3) is 5.60. The zero-order chi connectivity index (χ0) is 19.8. The van der Waals surface area contributed by atoms with Gasteiger partial charge in [0, 0.05) is 28.6 Å². The van der Waals surface area contributed by atoms with Crippen molar-refractivity contribution in [3.8, 4) is 0 Å². The molecule has 0 spiro atoms. The number of alkyl halides is 2. The van der Waals surface area contributed by atoms with E-state index in [1.165, 1.54) is 11.3 Å². The van der Waals surface area contributed by atoms with Crippen molar-refractivity contribution in [1.82, 2.24) is 0 Å². The van der Waals surface area contributed by atoms with Gasteiger partial charge in [0.2, 0.25) is 5.92 Å². The standard InChI is InChI=1S/C19H31BrF2O2SSi/c1-18(2,3)26(4,5)24-16(13-6-9-19(21,22)10-7-13)12-15(23)17-14(20)8-11-25-17/h8,11,13,15-16,23H,6-7,9-10,12H2,1-5H3. The molecule has 0 amide bonds. The summed E-state index contributed by atoms with van der Waals surface area (Å²) in [5, 5.41) is 12.7. The van der Waals surface area contributed by atoms with Gasteiger partial charge < -0.3 is 9.53 Å². The molecule has 0 aromatic carbocycles. The molecule has 1 fully saturated rings. The second kappa shape index (κ2) is 8.27. The minimum absolute atomic E-state index is 0.0400. The number of hydrogen-bond donors (Lipinski definition) is 1. The summed E-state index contributed by atoms with van der Waals surface area (Å²) in [6.07, 6.45) is 0.413. The quantitative estimate of drug-likeness (QED) is 0.449. The maximum Gasteiger partial charge on any atom is 0.248 e. The molecular weight excluding hydrogens is 438 g/mol. The van der Waals surface area contributed by atoms with Crippen LogP contribution in [0.3, 0.4) is 0 Å². The fourth-order valence-electron chi connectivity index (χ4n) is 3.20. The molecule has 0 aliphatic heterocycles. The third-order valence-corrected chi connectivity index (χ3v) is 12.4. The van der Waals surface area contributed by atoms with Crippen molar-refractivity contribution in [2.75, 3.05) is 0 Å². The van der Waals surface area contributed by atoms with E-state index in [4.69, 9.17) is 4.43 Å². The summed E-state index contributed by atoms with van der Waals surface area (Å²) in [6, 6.07) is 1.92. The van der Waals surface area contributed by atoms with Crippen molar-refractivity contribution in [3.05, 3.63) is 20.8 Å². The molecule has 150 valence electrons. The maximum absolute atomic E-state index is 13.6. The number of aliphatic hydroxyl groups is 1. The van der Waals surface area contributed by atoms with E-state index in [0.717, 1.165) is 9.35 Å². The maximum atomic E-state index is 13.6. The number of halogens is 3. The minimum Gasteiger partial charge on any atom is -0.414 e. The van der Waals surface area contributed by atoms with Crippen LogP contribution in [0.5, 0.6) is 0 Å². The Morgan fingerprint density at radius 1 is 1.35 bits per heavy atom. The van der Waals surface area contributed by atoms with Gasteiger partial charge in [0.1, 0.15) is 0 Å². The summed E-state index contributed by atoms with van der Waals surface area (Å²) >= 11 is 4.99. The molecule has 2 atom stereocenters. The number of hydrogen-bond acceptors (Lipinski definition) is 3. The van der Waals surface area contributed by atoms with E-state index >= 15 is 0 Å². The van der Waals surface area contributed by atoms with Crippen LogP contribution in [0, 0.1) is 5.92 Å². The first-order valence-electron chi connectivity index (χ1n) is 9.29. The van der Waals surface area contributed by atoms with Crippen LogP contribution in [0.15, 0.2) is 15.9 Å². The van der Waals surface area contributed by atoms with E-state index in [2.05, 4.69) is 49.8 Å². The van der Waals surface area contributed by atoms with E-state index in [1.54, 1.807) is 0 Å². The Kier molecular flexibility index (Phi) is 7.15. The van der Waals surface area contributed by atoms with Crippen molar-refractivity contribution >= 4 is 35.6 Å². The van der Waals surface area contributed by atoms with E-state index in [0.29, 0.717) is 19.3 Å². The molecule has 2 nitrogen and oxygen atoms in total. The molecule has 26 heavy (non-hydrogen) atoms. The van der Waals surface area contributed by atoms with E-state index in [-0.39, 0.29) is 29.9 Å². The second-order valence-corrected chi connectivity index (χ2v) is 15.6. The van der Waals surface area contributed by atoms with Crippen molar-refractivity contribution in [2.45, 2.75) is 89.1 Å². The van der Waals surface area contributed by atoms with Crippen molar-refractivity contribution in [2.24, 2.45) is 5.92 Å². The average molecular weight is 470 g/mol. The highest BCUT2D eigenvalue weighted by atomic mass is 79.9. The van der Waals surface area contributed by atoms with E-state index in [9.17, 15) is 13.9 Å². The monoisotopic (exact) mass is 468 g/mol. The highest BCUT2D eigenvalue weighted by molar-refractivity contribution is 9.10. The Hall–Kier alpha value is 0.177. The zero-order valence-electron chi connectivity index (χ0n) is 16.3. The topological polar surface area (TPSA) is 29.5 Å². The fourth-order valence-corrected chi connectivity index (χ4v) is 6.23. The van der Waals surface area contributed by atoms with Gasteiger partial charge in [0.05, 0.1) is 12.2 Å². The number of rotatable bonds is 6. The Balaban J connectivity index is 2.17. The normalized spacial score (nSPS) is 21.6. The SMILES string of the molecule is CC(C)(C)[Si](C)(C)OC(CC(O)c1sccc1Br)C1CCC(F)(F)CC1. The Morgan fingerprint density at radius 2 is 1.92 bits per heavy atom. The molecule has 1 N–H and O–H groups in total. The fraction of sp³-hybridized carbons (Fsp3) is 0.789. The lowest BCUT2D eigenvalue weighted by atomic mass is 9.81. The molecule has 2 unspecified atom stereocenters. The van der Waals surface area contributed by atoms with Gasteiger partial charge in [-0.1, -0.05) is 20.8 Å². The Morgan fingerprint density at radius 3 is 2.38 bits per heavy atom. The zero-order valence-corrected chi connectivity index (χ0v) is 19.7. The molecular formula is C19H31BrF2O2SSi. The van der Waals surface area contributed by atoms with E-state index in [1.807, 2.05) is 11.4 Å². The second-order valence-electron chi connectivity index (χ2n) is 8.99. The van der Waals surface area contributed by atoms with Crippen molar-refractivity contribution < 1.29 is 18.3 Å².